The molecule has 0 aliphatic heterocycles. The first-order valence-corrected chi connectivity index (χ1v) is 15.1. The summed E-state index contributed by atoms with van der Waals surface area (Å²) in [5.74, 6) is 2.11. The maximum Gasteiger partial charge on any atom is 0.315 e. The number of hydrogen-bond acceptors (Lipinski definition) is 8. The van der Waals surface area contributed by atoms with Crippen LogP contribution in [0.3, 0.4) is 0 Å². The quantitative estimate of drug-likeness (QED) is 0.150. The van der Waals surface area contributed by atoms with Crippen LogP contribution in [0.1, 0.15) is 85.3 Å². The maximum absolute atomic E-state index is 11.8. The van der Waals surface area contributed by atoms with E-state index in [4.69, 9.17) is 9.47 Å². The lowest BCUT2D eigenvalue weighted by atomic mass is 9.93. The minimum Gasteiger partial charge on any atom is -0.507 e. The summed E-state index contributed by atoms with van der Waals surface area (Å²) in [4.78, 5) is 23.2. The van der Waals surface area contributed by atoms with Crippen LogP contribution in [0, 0.1) is 0 Å². The van der Waals surface area contributed by atoms with Gasteiger partial charge in [-0.25, -0.2) is 0 Å². The molecule has 214 valence electrons. The number of benzene rings is 2. The molecule has 1 fully saturated rings. The van der Waals surface area contributed by atoms with Gasteiger partial charge in [-0.3, -0.25) is 9.59 Å². The highest BCUT2D eigenvalue weighted by molar-refractivity contribution is 7.99. The van der Waals surface area contributed by atoms with E-state index in [1.54, 1.807) is 12.1 Å². The van der Waals surface area contributed by atoms with Gasteiger partial charge in [-0.2, -0.15) is 0 Å². The van der Waals surface area contributed by atoms with Crippen LogP contribution >= 0.6 is 11.8 Å². The minimum absolute atomic E-state index is 0.0107. The van der Waals surface area contributed by atoms with Crippen LogP contribution in [0.4, 0.5) is 0 Å². The number of hydrogen-bond donors (Lipinski definition) is 2. The number of carbonyl (C=O) groups is 2. The molecule has 2 aromatic rings. The second-order valence-electron chi connectivity index (χ2n) is 10.1. The Morgan fingerprint density at radius 3 is 2.54 bits per heavy atom. The monoisotopic (exact) mass is 558 g/mol. The minimum atomic E-state index is -0.605. The van der Waals surface area contributed by atoms with Crippen LogP contribution in [-0.2, 0) is 22.4 Å². The van der Waals surface area contributed by atoms with Crippen molar-refractivity contribution < 1.29 is 34.0 Å². The van der Waals surface area contributed by atoms with Crippen LogP contribution in [-0.4, -0.2) is 59.9 Å². The molecule has 0 aromatic heterocycles. The van der Waals surface area contributed by atoms with Gasteiger partial charge in [0.2, 0.25) is 0 Å². The maximum atomic E-state index is 11.8. The smallest absolute Gasteiger partial charge is 0.315 e. The fraction of sp³-hybridized carbons (Fsp3) is 0.548. The van der Waals surface area contributed by atoms with Crippen LogP contribution in [0.2, 0.25) is 0 Å². The molecule has 1 unspecified atom stereocenters. The number of methoxy groups -OCH3 is 1. The molecule has 1 aliphatic rings. The van der Waals surface area contributed by atoms with E-state index in [-0.39, 0.29) is 23.3 Å². The lowest BCUT2D eigenvalue weighted by Crippen LogP contribution is -2.17. The summed E-state index contributed by atoms with van der Waals surface area (Å²) in [6.07, 6.45) is 6.63. The molecule has 1 aliphatic carbocycles. The Morgan fingerprint density at radius 1 is 1.10 bits per heavy atom. The predicted molar refractivity (Wildman–Crippen MR) is 154 cm³/mol. The molecule has 1 saturated carbocycles. The number of phenolic OH excluding ortho intramolecular Hbond substituents is 1. The predicted octanol–water partition coefficient (Wildman–Crippen LogP) is 5.86. The number of carbonyl (C=O) groups excluding carboxylic acids is 2. The largest absolute Gasteiger partial charge is 0.507 e. The third-order valence-electron chi connectivity index (χ3n) is 7.05. The Balaban J connectivity index is 1.63. The van der Waals surface area contributed by atoms with Crippen LogP contribution in [0.15, 0.2) is 30.3 Å². The van der Waals surface area contributed by atoms with Crippen molar-refractivity contribution in [3.63, 3.8) is 0 Å². The number of ether oxygens (including phenoxy) is 3. The molecule has 2 aromatic carbocycles. The van der Waals surface area contributed by atoms with Crippen molar-refractivity contribution in [2.75, 3.05) is 31.8 Å². The Bertz CT molecular complexity index is 1090. The molecule has 8 heteroatoms. The summed E-state index contributed by atoms with van der Waals surface area (Å²) in [5.41, 5.74) is 3.16. The fourth-order valence-corrected chi connectivity index (χ4v) is 5.89. The summed E-state index contributed by atoms with van der Waals surface area (Å²) >= 11 is 1.36. The lowest BCUT2D eigenvalue weighted by Gasteiger charge is -2.21. The van der Waals surface area contributed by atoms with Gasteiger partial charge in [-0.15, -0.1) is 11.8 Å². The lowest BCUT2D eigenvalue weighted by molar-refractivity contribution is -0.137. The van der Waals surface area contributed by atoms with Gasteiger partial charge in [-0.1, -0.05) is 44.4 Å². The van der Waals surface area contributed by atoms with Gasteiger partial charge in [0.25, 0.3) is 0 Å². The zero-order chi connectivity index (χ0) is 28.2. The zero-order valence-electron chi connectivity index (χ0n) is 23.4. The average Bonchev–Trinajstić information content (AvgIpc) is 3.45. The molecule has 2 N–H and O–H groups in total. The van der Waals surface area contributed by atoms with E-state index < -0.39 is 6.10 Å². The number of thioether (sulfide) groups is 1. The number of aliphatic hydroxyl groups is 1. The molecular formula is C31H42O7S. The normalized spacial score (nSPS) is 14.3. The number of para-hydroxylation sites is 1. The van der Waals surface area contributed by atoms with Crippen molar-refractivity contribution in [2.24, 2.45) is 0 Å². The van der Waals surface area contributed by atoms with Gasteiger partial charge in [0.15, 0.2) is 5.78 Å². The molecule has 0 amide bonds. The molecule has 39 heavy (non-hydrogen) atoms. The van der Waals surface area contributed by atoms with Crippen molar-refractivity contribution in [2.45, 2.75) is 77.2 Å². The summed E-state index contributed by atoms with van der Waals surface area (Å²) in [5, 5.41) is 21.2. The number of aromatic hydroxyl groups is 1. The molecule has 7 nitrogen and oxygen atoms in total. The van der Waals surface area contributed by atoms with Crippen molar-refractivity contribution in [3.8, 4) is 17.2 Å². The molecule has 3 rings (SSSR count). The Hall–Kier alpha value is -2.71. The van der Waals surface area contributed by atoms with Gasteiger partial charge in [0, 0.05) is 24.2 Å². The second-order valence-corrected chi connectivity index (χ2v) is 11.1. The standard InChI is InChI=1S/C31H42O7S/c1-4-9-27-28(15-14-25(21(2)32)30(27)35)37-16-8-17-38-31-23(18-24(33)19-39-20-29(34)36-3)12-7-13-26(31)22-10-5-6-11-22/h7,12-15,22,24,33,35H,4-6,8-11,16-20H2,1-3H3. The molecule has 0 spiro atoms. The highest BCUT2D eigenvalue weighted by Crippen LogP contribution is 2.41. The van der Waals surface area contributed by atoms with E-state index in [9.17, 15) is 19.8 Å². The number of rotatable bonds is 16. The molecule has 0 bridgehead atoms. The molecule has 0 heterocycles. The zero-order valence-corrected chi connectivity index (χ0v) is 24.2. The Morgan fingerprint density at radius 2 is 1.85 bits per heavy atom. The van der Waals surface area contributed by atoms with Crippen molar-refractivity contribution >= 4 is 23.5 Å². The number of Topliss-reactive ketones (excluding diaryl/α,β-unsaturated/α-hetero) is 1. The average molecular weight is 559 g/mol. The van der Waals surface area contributed by atoms with Crippen molar-refractivity contribution in [1.29, 1.82) is 0 Å². The summed E-state index contributed by atoms with van der Waals surface area (Å²) < 4.78 is 17.1. The van der Waals surface area contributed by atoms with E-state index >= 15 is 0 Å². The topological polar surface area (TPSA) is 102 Å². The molecular weight excluding hydrogens is 516 g/mol. The summed E-state index contributed by atoms with van der Waals surface area (Å²) in [6.45, 7) is 4.32. The Labute approximate surface area is 236 Å². The second kappa shape index (κ2) is 15.8. The van der Waals surface area contributed by atoms with Crippen LogP contribution in [0.25, 0.3) is 0 Å². The van der Waals surface area contributed by atoms with E-state index in [0.717, 1.165) is 30.6 Å². The number of ketones is 1. The number of phenols is 1. The van der Waals surface area contributed by atoms with Crippen molar-refractivity contribution in [3.05, 3.63) is 52.6 Å². The van der Waals surface area contributed by atoms with Gasteiger partial charge in [0.05, 0.1) is 37.7 Å². The fourth-order valence-electron chi connectivity index (χ4n) is 5.09. The van der Waals surface area contributed by atoms with E-state index in [1.165, 1.54) is 44.2 Å². The first-order valence-electron chi connectivity index (χ1n) is 13.9. The highest BCUT2D eigenvalue weighted by atomic mass is 32.2. The first kappa shape index (κ1) is 30.8. The molecule has 0 saturated heterocycles. The number of esters is 1. The SMILES string of the molecule is CCCc1c(OCCCOc2c(CC(O)CSCC(=O)OC)cccc2C2CCCC2)ccc(C(C)=O)c1O. The Kier molecular flexibility index (Phi) is 12.5. The number of aliphatic hydroxyl groups excluding tert-OH is 1. The van der Waals surface area contributed by atoms with Crippen LogP contribution < -0.4 is 9.47 Å². The van der Waals surface area contributed by atoms with Gasteiger partial charge >= 0.3 is 5.97 Å². The molecule has 1 atom stereocenters. The van der Waals surface area contributed by atoms with E-state index in [0.29, 0.717) is 61.0 Å². The van der Waals surface area contributed by atoms with Crippen molar-refractivity contribution in [1.82, 2.24) is 0 Å². The van der Waals surface area contributed by atoms with Crippen LogP contribution in [0.5, 0.6) is 17.2 Å². The molecule has 0 radical (unpaired) electrons. The summed E-state index contributed by atoms with van der Waals surface area (Å²) in [7, 11) is 1.36. The van der Waals surface area contributed by atoms with Gasteiger partial charge in [-0.05, 0) is 55.4 Å². The van der Waals surface area contributed by atoms with Gasteiger partial charge in [0.1, 0.15) is 17.2 Å². The summed E-state index contributed by atoms with van der Waals surface area (Å²) in [6, 6.07) is 9.56. The first-order chi connectivity index (χ1) is 18.8. The third kappa shape index (κ3) is 8.90. The van der Waals surface area contributed by atoms with Gasteiger partial charge < -0.3 is 24.4 Å². The van der Waals surface area contributed by atoms with E-state index in [2.05, 4.69) is 10.8 Å². The van der Waals surface area contributed by atoms with E-state index in [1.807, 2.05) is 19.1 Å². The highest BCUT2D eigenvalue weighted by Gasteiger charge is 2.23. The third-order valence-corrected chi connectivity index (χ3v) is 8.11.